The summed E-state index contributed by atoms with van der Waals surface area (Å²) in [6, 6.07) is 3.52. The van der Waals surface area contributed by atoms with Gasteiger partial charge in [-0.25, -0.2) is 4.98 Å². The second-order valence-electron chi connectivity index (χ2n) is 5.53. The summed E-state index contributed by atoms with van der Waals surface area (Å²) in [5.41, 5.74) is 0.576. The molecule has 2 heterocycles. The molecule has 5 heteroatoms. The number of hydrogen-bond acceptors (Lipinski definition) is 3. The maximum atomic E-state index is 12.0. The summed E-state index contributed by atoms with van der Waals surface area (Å²) in [6.45, 7) is 6.86. The predicted molar refractivity (Wildman–Crippen MR) is 77.3 cm³/mol. The molecule has 1 fully saturated rings. The van der Waals surface area contributed by atoms with Crippen molar-refractivity contribution >= 4 is 23.2 Å². The summed E-state index contributed by atoms with van der Waals surface area (Å²) in [4.78, 5) is 18.2. The first-order chi connectivity index (χ1) is 9.04. The number of aromatic nitrogens is 1. The normalized spacial score (nSPS) is 24.2. The first-order valence-electron chi connectivity index (χ1n) is 6.67. The van der Waals surface area contributed by atoms with Crippen LogP contribution in [0.3, 0.4) is 0 Å². The Balaban J connectivity index is 1.89. The lowest BCUT2D eigenvalue weighted by molar-refractivity contribution is -0.117. The predicted octanol–water partition coefficient (Wildman–Crippen LogP) is 2.65. The van der Waals surface area contributed by atoms with E-state index in [0.717, 1.165) is 13.1 Å². The van der Waals surface area contributed by atoms with E-state index >= 15 is 0 Å². The standard InChI is InChI=1S/C14H20ClN3O/c1-10-6-11(2)8-18(7-10)9-13(19)17-12-4-3-5-16-14(12)15/h3-5,10-11H,6-9H2,1-2H3,(H,17,19)/t10-,11-/m1/s1. The summed E-state index contributed by atoms with van der Waals surface area (Å²) >= 11 is 5.92. The minimum atomic E-state index is -0.0313. The van der Waals surface area contributed by atoms with Crippen LogP contribution in [0.2, 0.25) is 5.15 Å². The lowest BCUT2D eigenvalue weighted by Gasteiger charge is -2.34. The third-order valence-electron chi connectivity index (χ3n) is 3.34. The van der Waals surface area contributed by atoms with Gasteiger partial charge in [0.2, 0.25) is 5.91 Å². The Bertz CT molecular complexity index is 442. The molecule has 2 rings (SSSR count). The van der Waals surface area contributed by atoms with Crippen molar-refractivity contribution in [3.05, 3.63) is 23.5 Å². The summed E-state index contributed by atoms with van der Waals surface area (Å²) in [6.07, 6.45) is 2.85. The molecule has 0 unspecified atom stereocenters. The second kappa shape index (κ2) is 6.35. The molecule has 1 aliphatic rings. The lowest BCUT2D eigenvalue weighted by atomic mass is 9.92. The molecule has 1 aromatic rings. The Kier molecular flexibility index (Phi) is 4.77. The van der Waals surface area contributed by atoms with Crippen molar-refractivity contribution in [3.63, 3.8) is 0 Å². The van der Waals surface area contributed by atoms with E-state index in [-0.39, 0.29) is 5.91 Å². The summed E-state index contributed by atoms with van der Waals surface area (Å²) in [5.74, 6) is 1.27. The number of carbonyl (C=O) groups is 1. The van der Waals surface area contributed by atoms with Gasteiger partial charge in [0.25, 0.3) is 0 Å². The number of nitrogens with zero attached hydrogens (tertiary/aromatic N) is 2. The van der Waals surface area contributed by atoms with E-state index in [1.54, 1.807) is 18.3 Å². The molecule has 0 aromatic carbocycles. The largest absolute Gasteiger partial charge is 0.322 e. The quantitative estimate of drug-likeness (QED) is 0.867. The van der Waals surface area contributed by atoms with Crippen molar-refractivity contribution in [2.75, 3.05) is 25.0 Å². The summed E-state index contributed by atoms with van der Waals surface area (Å²) < 4.78 is 0. The Morgan fingerprint density at radius 2 is 2.16 bits per heavy atom. The van der Waals surface area contributed by atoms with Crippen LogP contribution in [0.15, 0.2) is 18.3 Å². The van der Waals surface area contributed by atoms with E-state index in [0.29, 0.717) is 29.2 Å². The van der Waals surface area contributed by atoms with Gasteiger partial charge in [-0.1, -0.05) is 25.4 Å². The van der Waals surface area contributed by atoms with Crippen LogP contribution >= 0.6 is 11.6 Å². The molecule has 0 spiro atoms. The first-order valence-corrected chi connectivity index (χ1v) is 7.05. The zero-order chi connectivity index (χ0) is 13.8. The SMILES string of the molecule is C[C@@H]1C[C@@H](C)CN(CC(=O)Nc2cccnc2Cl)C1. The zero-order valence-corrected chi connectivity index (χ0v) is 12.2. The number of nitrogens with one attached hydrogen (secondary N) is 1. The van der Waals surface area contributed by atoms with Gasteiger partial charge in [-0.3, -0.25) is 9.69 Å². The van der Waals surface area contributed by atoms with Gasteiger partial charge in [-0.2, -0.15) is 0 Å². The number of anilines is 1. The molecule has 104 valence electrons. The summed E-state index contributed by atoms with van der Waals surface area (Å²) in [7, 11) is 0. The third kappa shape index (κ3) is 4.18. The van der Waals surface area contributed by atoms with Crippen LogP contribution in [0.5, 0.6) is 0 Å². The van der Waals surface area contributed by atoms with Crippen molar-refractivity contribution in [3.8, 4) is 0 Å². The number of hydrogen-bond donors (Lipinski definition) is 1. The van der Waals surface area contributed by atoms with Gasteiger partial charge in [0.05, 0.1) is 12.2 Å². The molecule has 2 atom stereocenters. The maximum Gasteiger partial charge on any atom is 0.238 e. The Morgan fingerprint density at radius 3 is 2.79 bits per heavy atom. The maximum absolute atomic E-state index is 12.0. The lowest BCUT2D eigenvalue weighted by Crippen LogP contribution is -2.42. The first kappa shape index (κ1) is 14.3. The van der Waals surface area contributed by atoms with Crippen LogP contribution in [-0.2, 0) is 4.79 Å². The molecular formula is C14H20ClN3O. The van der Waals surface area contributed by atoms with Gasteiger partial charge >= 0.3 is 0 Å². The van der Waals surface area contributed by atoms with Crippen molar-refractivity contribution in [2.45, 2.75) is 20.3 Å². The van der Waals surface area contributed by atoms with E-state index in [1.165, 1.54) is 6.42 Å². The van der Waals surface area contributed by atoms with Crippen molar-refractivity contribution < 1.29 is 4.79 Å². The van der Waals surface area contributed by atoms with Crippen molar-refractivity contribution in [2.24, 2.45) is 11.8 Å². The highest BCUT2D eigenvalue weighted by Gasteiger charge is 2.23. The highest BCUT2D eigenvalue weighted by atomic mass is 35.5. The van der Waals surface area contributed by atoms with Crippen LogP contribution in [0.4, 0.5) is 5.69 Å². The Labute approximate surface area is 119 Å². The average Bonchev–Trinajstić information content (AvgIpc) is 2.30. The van der Waals surface area contributed by atoms with E-state index < -0.39 is 0 Å². The second-order valence-corrected chi connectivity index (χ2v) is 5.89. The highest BCUT2D eigenvalue weighted by molar-refractivity contribution is 6.32. The molecular weight excluding hydrogens is 262 g/mol. The zero-order valence-electron chi connectivity index (χ0n) is 11.4. The third-order valence-corrected chi connectivity index (χ3v) is 3.65. The minimum absolute atomic E-state index is 0.0313. The molecule has 1 N–H and O–H groups in total. The highest BCUT2D eigenvalue weighted by Crippen LogP contribution is 2.21. The monoisotopic (exact) mass is 281 g/mol. The Morgan fingerprint density at radius 1 is 1.47 bits per heavy atom. The fourth-order valence-corrected chi connectivity index (χ4v) is 2.96. The van der Waals surface area contributed by atoms with Gasteiger partial charge in [0.1, 0.15) is 0 Å². The molecule has 0 aliphatic carbocycles. The molecule has 0 radical (unpaired) electrons. The smallest absolute Gasteiger partial charge is 0.238 e. The van der Waals surface area contributed by atoms with Crippen LogP contribution < -0.4 is 5.32 Å². The van der Waals surface area contributed by atoms with E-state index in [1.807, 2.05) is 0 Å². The van der Waals surface area contributed by atoms with E-state index in [9.17, 15) is 4.79 Å². The number of amides is 1. The van der Waals surface area contributed by atoms with Crippen LogP contribution in [-0.4, -0.2) is 35.4 Å². The fraction of sp³-hybridized carbons (Fsp3) is 0.571. The van der Waals surface area contributed by atoms with Gasteiger partial charge < -0.3 is 5.32 Å². The number of piperidine rings is 1. The molecule has 0 saturated carbocycles. The van der Waals surface area contributed by atoms with Crippen LogP contribution in [0.25, 0.3) is 0 Å². The Hall–Kier alpha value is -1.13. The number of rotatable bonds is 3. The molecule has 0 bridgehead atoms. The minimum Gasteiger partial charge on any atom is -0.322 e. The van der Waals surface area contributed by atoms with Crippen LogP contribution in [0, 0.1) is 11.8 Å². The number of halogens is 1. The van der Waals surface area contributed by atoms with Crippen molar-refractivity contribution in [1.29, 1.82) is 0 Å². The average molecular weight is 282 g/mol. The van der Waals surface area contributed by atoms with Gasteiger partial charge in [0, 0.05) is 19.3 Å². The number of carbonyl (C=O) groups excluding carboxylic acids is 1. The molecule has 4 nitrogen and oxygen atoms in total. The van der Waals surface area contributed by atoms with Gasteiger partial charge in [-0.05, 0) is 30.4 Å². The number of pyridine rings is 1. The van der Waals surface area contributed by atoms with E-state index in [4.69, 9.17) is 11.6 Å². The van der Waals surface area contributed by atoms with Gasteiger partial charge in [0.15, 0.2) is 5.15 Å². The summed E-state index contributed by atoms with van der Waals surface area (Å²) in [5, 5.41) is 3.14. The number of likely N-dealkylation sites (tertiary alicyclic amines) is 1. The fourth-order valence-electron chi connectivity index (χ4n) is 2.79. The topological polar surface area (TPSA) is 45.2 Å². The molecule has 1 amide bonds. The van der Waals surface area contributed by atoms with Gasteiger partial charge in [-0.15, -0.1) is 0 Å². The molecule has 1 aliphatic heterocycles. The van der Waals surface area contributed by atoms with E-state index in [2.05, 4.69) is 29.0 Å². The molecule has 19 heavy (non-hydrogen) atoms. The molecule has 1 aromatic heterocycles. The molecule has 1 saturated heterocycles. The van der Waals surface area contributed by atoms with Crippen molar-refractivity contribution in [1.82, 2.24) is 9.88 Å². The van der Waals surface area contributed by atoms with Crippen LogP contribution in [0.1, 0.15) is 20.3 Å².